The number of imidazole rings is 1. The van der Waals surface area contributed by atoms with Crippen molar-refractivity contribution in [3.05, 3.63) is 69.4 Å². The van der Waals surface area contributed by atoms with Gasteiger partial charge in [0.1, 0.15) is 11.6 Å². The first-order valence-corrected chi connectivity index (χ1v) is 14.2. The van der Waals surface area contributed by atoms with E-state index in [4.69, 9.17) is 9.84 Å². The molecule has 10 nitrogen and oxygen atoms in total. The highest BCUT2D eigenvalue weighted by atomic mass is 32.2. The van der Waals surface area contributed by atoms with Gasteiger partial charge in [-0.2, -0.15) is 0 Å². The third-order valence-corrected chi connectivity index (χ3v) is 8.33. The predicted molar refractivity (Wildman–Crippen MR) is 144 cm³/mol. The van der Waals surface area contributed by atoms with Gasteiger partial charge >= 0.3 is 0 Å². The highest BCUT2D eigenvalue weighted by Gasteiger charge is 2.26. The number of aromatic amines is 1. The predicted octanol–water partition coefficient (Wildman–Crippen LogP) is 4.05. The standard InChI is InChI=1S/C27H31N5O5S/c1-4-37-23-12-11-20(38(35,36)31-22-13-18(15-33)10-9-16(22)2)14-21(23)25-29-27(34)24-17(3)28-26(32(24)30-25)19-7-5-6-8-19/h9-14,19,31,33H,4-8,15H2,1-3H3,(H,29,30,34). The molecule has 1 fully saturated rings. The number of aryl methyl sites for hydroxylation is 2. The number of rotatable bonds is 8. The van der Waals surface area contributed by atoms with E-state index in [1.165, 1.54) is 12.1 Å². The van der Waals surface area contributed by atoms with E-state index in [1.807, 2.05) is 6.92 Å². The molecule has 1 saturated carbocycles. The molecule has 11 heteroatoms. The molecular formula is C27H31N5O5S. The lowest BCUT2D eigenvalue weighted by atomic mass is 10.1. The normalized spacial score (nSPS) is 14.3. The summed E-state index contributed by atoms with van der Waals surface area (Å²) in [5.41, 5.74) is 2.66. The van der Waals surface area contributed by atoms with E-state index in [1.54, 1.807) is 42.6 Å². The molecule has 0 atom stereocenters. The van der Waals surface area contributed by atoms with E-state index < -0.39 is 10.0 Å². The summed E-state index contributed by atoms with van der Waals surface area (Å²) in [5, 5.41) is 14.2. The Labute approximate surface area is 220 Å². The first-order valence-electron chi connectivity index (χ1n) is 12.7. The van der Waals surface area contributed by atoms with Crippen molar-refractivity contribution in [3.63, 3.8) is 0 Å². The van der Waals surface area contributed by atoms with Crippen LogP contribution < -0.4 is 15.0 Å². The van der Waals surface area contributed by atoms with Gasteiger partial charge in [-0.05, 0) is 69.0 Å². The average molecular weight is 538 g/mol. The maximum absolute atomic E-state index is 13.4. The lowest BCUT2D eigenvalue weighted by Crippen LogP contribution is -2.17. The Bertz CT molecular complexity index is 1670. The van der Waals surface area contributed by atoms with E-state index in [0.29, 0.717) is 45.9 Å². The van der Waals surface area contributed by atoms with E-state index in [-0.39, 0.29) is 28.8 Å². The highest BCUT2D eigenvalue weighted by Crippen LogP contribution is 2.35. The van der Waals surface area contributed by atoms with Crippen LogP contribution in [0.3, 0.4) is 0 Å². The van der Waals surface area contributed by atoms with Gasteiger partial charge in [0.25, 0.3) is 15.6 Å². The summed E-state index contributed by atoms with van der Waals surface area (Å²) in [5.74, 6) is 1.56. The number of aliphatic hydroxyl groups excluding tert-OH is 1. The number of aliphatic hydroxyl groups is 1. The number of anilines is 1. The van der Waals surface area contributed by atoms with Gasteiger partial charge in [0.15, 0.2) is 11.3 Å². The molecule has 5 rings (SSSR count). The Morgan fingerprint density at radius 1 is 1.16 bits per heavy atom. The quantitative estimate of drug-likeness (QED) is 0.308. The number of hydrogen-bond donors (Lipinski definition) is 3. The van der Waals surface area contributed by atoms with E-state index in [0.717, 1.165) is 31.5 Å². The van der Waals surface area contributed by atoms with Crippen LogP contribution >= 0.6 is 0 Å². The topological polar surface area (TPSA) is 139 Å². The maximum atomic E-state index is 13.4. The zero-order valence-corrected chi connectivity index (χ0v) is 22.4. The second-order valence-corrected chi connectivity index (χ2v) is 11.3. The number of benzene rings is 2. The molecule has 0 bridgehead atoms. The number of aromatic nitrogens is 4. The van der Waals surface area contributed by atoms with Crippen molar-refractivity contribution in [2.75, 3.05) is 11.3 Å². The number of hydrogen-bond acceptors (Lipinski definition) is 7. The molecule has 0 aliphatic heterocycles. The van der Waals surface area contributed by atoms with Crippen molar-refractivity contribution >= 4 is 21.2 Å². The SMILES string of the molecule is CCOc1ccc(S(=O)(=O)Nc2cc(CO)ccc2C)cc1-c1nn2c(C3CCCC3)nc(C)c2c(=O)[nH]1. The molecule has 0 saturated heterocycles. The maximum Gasteiger partial charge on any atom is 0.277 e. The Morgan fingerprint density at radius 3 is 2.63 bits per heavy atom. The van der Waals surface area contributed by atoms with Crippen LogP contribution in [0.25, 0.3) is 16.9 Å². The fourth-order valence-electron chi connectivity index (χ4n) is 4.99. The van der Waals surface area contributed by atoms with Crippen molar-refractivity contribution < 1.29 is 18.3 Å². The van der Waals surface area contributed by atoms with Gasteiger partial charge in [0.2, 0.25) is 0 Å². The molecule has 38 heavy (non-hydrogen) atoms. The highest BCUT2D eigenvalue weighted by molar-refractivity contribution is 7.92. The smallest absolute Gasteiger partial charge is 0.277 e. The molecular weight excluding hydrogens is 506 g/mol. The van der Waals surface area contributed by atoms with Crippen LogP contribution in [-0.2, 0) is 16.6 Å². The molecule has 0 unspecified atom stereocenters. The molecule has 0 amide bonds. The van der Waals surface area contributed by atoms with Gasteiger partial charge in [0.05, 0.1) is 35.1 Å². The van der Waals surface area contributed by atoms with E-state index in [2.05, 4.69) is 14.7 Å². The number of sulfonamides is 1. The van der Waals surface area contributed by atoms with Crippen molar-refractivity contribution in [3.8, 4) is 17.1 Å². The first kappa shape index (κ1) is 25.9. The van der Waals surface area contributed by atoms with Gasteiger partial charge < -0.3 is 14.8 Å². The fraction of sp³-hybridized carbons (Fsp3) is 0.370. The summed E-state index contributed by atoms with van der Waals surface area (Å²) in [7, 11) is -4.02. The van der Waals surface area contributed by atoms with Crippen LogP contribution in [0.4, 0.5) is 5.69 Å². The molecule has 1 aliphatic carbocycles. The number of nitrogens with one attached hydrogen (secondary N) is 2. The lowest BCUT2D eigenvalue weighted by molar-refractivity contribution is 0.282. The minimum absolute atomic E-state index is 0.0228. The van der Waals surface area contributed by atoms with Gasteiger partial charge in [-0.25, -0.2) is 17.9 Å². The molecule has 2 aromatic carbocycles. The molecule has 2 heterocycles. The van der Waals surface area contributed by atoms with E-state index >= 15 is 0 Å². The second kappa shape index (κ2) is 10.2. The molecule has 3 N–H and O–H groups in total. The third kappa shape index (κ3) is 4.79. The van der Waals surface area contributed by atoms with Crippen LogP contribution in [0, 0.1) is 13.8 Å². The monoisotopic (exact) mass is 537 g/mol. The summed E-state index contributed by atoms with van der Waals surface area (Å²) < 4.78 is 36.8. The molecule has 0 radical (unpaired) electrons. The molecule has 0 spiro atoms. The number of H-pyrrole nitrogens is 1. The minimum Gasteiger partial charge on any atom is -0.493 e. The Kier molecular flexibility index (Phi) is 6.97. The summed E-state index contributed by atoms with van der Waals surface area (Å²) in [6, 6.07) is 9.53. The van der Waals surface area contributed by atoms with Crippen molar-refractivity contribution in [1.29, 1.82) is 0 Å². The van der Waals surface area contributed by atoms with E-state index in [9.17, 15) is 18.3 Å². The van der Waals surface area contributed by atoms with Gasteiger partial charge in [0, 0.05) is 5.92 Å². The Hall–Kier alpha value is -3.70. The van der Waals surface area contributed by atoms with Crippen molar-refractivity contribution in [2.24, 2.45) is 0 Å². The fourth-order valence-corrected chi connectivity index (χ4v) is 6.13. The largest absolute Gasteiger partial charge is 0.493 e. The lowest BCUT2D eigenvalue weighted by Gasteiger charge is -2.15. The molecule has 200 valence electrons. The molecule has 2 aromatic heterocycles. The summed E-state index contributed by atoms with van der Waals surface area (Å²) in [6.07, 6.45) is 4.19. The summed E-state index contributed by atoms with van der Waals surface area (Å²) in [6.45, 7) is 5.53. The Morgan fingerprint density at radius 2 is 1.92 bits per heavy atom. The third-order valence-electron chi connectivity index (χ3n) is 6.97. The van der Waals surface area contributed by atoms with Crippen molar-refractivity contribution in [2.45, 2.75) is 63.9 Å². The summed E-state index contributed by atoms with van der Waals surface area (Å²) in [4.78, 5) is 20.6. The zero-order chi connectivity index (χ0) is 27.0. The Balaban J connectivity index is 1.62. The van der Waals surface area contributed by atoms with Gasteiger partial charge in [-0.15, -0.1) is 5.10 Å². The van der Waals surface area contributed by atoms with Crippen LogP contribution in [0.5, 0.6) is 5.75 Å². The van der Waals surface area contributed by atoms with Gasteiger partial charge in [-0.1, -0.05) is 25.0 Å². The molecule has 4 aromatic rings. The average Bonchev–Trinajstić information content (AvgIpc) is 3.54. The number of nitrogens with zero attached hydrogens (tertiary/aromatic N) is 3. The van der Waals surface area contributed by atoms with Crippen molar-refractivity contribution in [1.82, 2.24) is 19.6 Å². The minimum atomic E-state index is -4.02. The van der Waals surface area contributed by atoms with Crippen LogP contribution in [0.2, 0.25) is 0 Å². The number of ether oxygens (including phenoxy) is 1. The first-order chi connectivity index (χ1) is 18.2. The van der Waals surface area contributed by atoms with Crippen LogP contribution in [0.15, 0.2) is 46.1 Å². The van der Waals surface area contributed by atoms with Crippen LogP contribution in [-0.4, -0.2) is 39.7 Å². The number of fused-ring (bicyclic) bond motifs is 1. The zero-order valence-electron chi connectivity index (χ0n) is 21.6. The second-order valence-electron chi connectivity index (χ2n) is 9.60. The van der Waals surface area contributed by atoms with Crippen LogP contribution in [0.1, 0.15) is 61.2 Å². The van der Waals surface area contributed by atoms with Gasteiger partial charge in [-0.3, -0.25) is 9.52 Å². The molecule has 1 aliphatic rings. The summed E-state index contributed by atoms with van der Waals surface area (Å²) >= 11 is 0.